The highest BCUT2D eigenvalue weighted by atomic mass is 35.5. The van der Waals surface area contributed by atoms with Gasteiger partial charge in [-0.05, 0) is 41.8 Å². The first kappa shape index (κ1) is 13.4. The third kappa shape index (κ3) is 3.03. The third-order valence-corrected chi connectivity index (χ3v) is 2.93. The van der Waals surface area contributed by atoms with E-state index in [9.17, 15) is 10.1 Å². The summed E-state index contributed by atoms with van der Waals surface area (Å²) in [5, 5.41) is 11.4. The number of nitro benzene ring substituents is 1. The van der Waals surface area contributed by atoms with Crippen LogP contribution in [0.2, 0.25) is 5.02 Å². The Morgan fingerprint density at radius 2 is 1.79 bits per heavy atom. The van der Waals surface area contributed by atoms with Gasteiger partial charge in [-0.2, -0.15) is 0 Å². The Kier molecular flexibility index (Phi) is 3.71. The molecule has 0 saturated heterocycles. The standard InChI is InChI=1S/C14H12ClNO3/c1-9-3-10(6-13(4-9)16(17)18)11-5-12(15)8-14(7-11)19-2/h3-8H,1-2H3. The number of ether oxygens (including phenoxy) is 1. The Balaban J connectivity index is 2.58. The second kappa shape index (κ2) is 5.28. The van der Waals surface area contributed by atoms with Crippen LogP contribution in [0.3, 0.4) is 0 Å². The van der Waals surface area contributed by atoms with Crippen LogP contribution in [0.5, 0.6) is 5.75 Å². The number of rotatable bonds is 3. The maximum absolute atomic E-state index is 10.9. The molecule has 0 atom stereocenters. The zero-order valence-electron chi connectivity index (χ0n) is 10.5. The Labute approximate surface area is 115 Å². The van der Waals surface area contributed by atoms with Crippen molar-refractivity contribution in [1.29, 1.82) is 0 Å². The molecule has 0 spiro atoms. The number of halogens is 1. The van der Waals surface area contributed by atoms with E-state index in [0.717, 1.165) is 16.7 Å². The highest BCUT2D eigenvalue weighted by molar-refractivity contribution is 6.31. The maximum Gasteiger partial charge on any atom is 0.270 e. The molecule has 0 saturated carbocycles. The largest absolute Gasteiger partial charge is 0.497 e. The maximum atomic E-state index is 10.9. The third-order valence-electron chi connectivity index (χ3n) is 2.71. The Hall–Kier alpha value is -2.07. The summed E-state index contributed by atoms with van der Waals surface area (Å²) < 4.78 is 5.15. The lowest BCUT2D eigenvalue weighted by molar-refractivity contribution is -0.384. The number of hydrogen-bond acceptors (Lipinski definition) is 3. The quantitative estimate of drug-likeness (QED) is 0.623. The van der Waals surface area contributed by atoms with Crippen molar-refractivity contribution in [2.45, 2.75) is 6.92 Å². The van der Waals surface area contributed by atoms with Crippen LogP contribution in [-0.4, -0.2) is 12.0 Å². The predicted octanol–water partition coefficient (Wildman–Crippen LogP) is 4.23. The van der Waals surface area contributed by atoms with E-state index >= 15 is 0 Å². The van der Waals surface area contributed by atoms with E-state index in [2.05, 4.69) is 0 Å². The minimum Gasteiger partial charge on any atom is -0.497 e. The van der Waals surface area contributed by atoms with Crippen LogP contribution in [0.4, 0.5) is 5.69 Å². The topological polar surface area (TPSA) is 52.4 Å². The first-order valence-corrected chi connectivity index (χ1v) is 5.98. The smallest absolute Gasteiger partial charge is 0.270 e. The van der Waals surface area contributed by atoms with Crippen molar-refractivity contribution in [2.24, 2.45) is 0 Å². The lowest BCUT2D eigenvalue weighted by Crippen LogP contribution is -1.91. The summed E-state index contributed by atoms with van der Waals surface area (Å²) >= 11 is 6.01. The molecule has 0 N–H and O–H groups in total. The minimum atomic E-state index is -0.404. The number of non-ortho nitro benzene ring substituents is 1. The van der Waals surface area contributed by atoms with E-state index < -0.39 is 4.92 Å². The van der Waals surface area contributed by atoms with Gasteiger partial charge in [0.15, 0.2) is 0 Å². The molecule has 0 radical (unpaired) electrons. The predicted molar refractivity (Wildman–Crippen MR) is 74.8 cm³/mol. The molecule has 0 aliphatic heterocycles. The van der Waals surface area contributed by atoms with Gasteiger partial charge in [0.2, 0.25) is 0 Å². The molecular formula is C14H12ClNO3. The molecule has 0 aliphatic carbocycles. The summed E-state index contributed by atoms with van der Waals surface area (Å²) in [6, 6.07) is 10.2. The van der Waals surface area contributed by atoms with Gasteiger partial charge in [0.1, 0.15) is 5.75 Å². The molecule has 4 nitrogen and oxygen atoms in total. The lowest BCUT2D eigenvalue weighted by Gasteiger charge is -2.07. The van der Waals surface area contributed by atoms with E-state index in [1.54, 1.807) is 25.3 Å². The summed E-state index contributed by atoms with van der Waals surface area (Å²) in [6.45, 7) is 1.82. The number of methoxy groups -OCH3 is 1. The number of hydrogen-bond donors (Lipinski definition) is 0. The first-order valence-electron chi connectivity index (χ1n) is 5.60. The molecule has 5 heteroatoms. The number of benzene rings is 2. The fraction of sp³-hybridized carbons (Fsp3) is 0.143. The average Bonchev–Trinajstić information content (AvgIpc) is 2.37. The van der Waals surface area contributed by atoms with Crippen LogP contribution in [0.15, 0.2) is 36.4 Å². The SMILES string of the molecule is COc1cc(Cl)cc(-c2cc(C)cc([N+](=O)[O-])c2)c1. The second-order valence-electron chi connectivity index (χ2n) is 4.19. The number of nitro groups is 1. The highest BCUT2D eigenvalue weighted by Gasteiger charge is 2.10. The van der Waals surface area contributed by atoms with Crippen molar-refractivity contribution >= 4 is 17.3 Å². The Bertz CT molecular complexity index is 641. The summed E-state index contributed by atoms with van der Waals surface area (Å²) in [4.78, 5) is 10.5. The van der Waals surface area contributed by atoms with Gasteiger partial charge in [0, 0.05) is 17.2 Å². The van der Waals surface area contributed by atoms with Crippen molar-refractivity contribution < 1.29 is 9.66 Å². The van der Waals surface area contributed by atoms with Crippen LogP contribution in [0.25, 0.3) is 11.1 Å². The molecule has 2 aromatic rings. The van der Waals surface area contributed by atoms with E-state index in [1.807, 2.05) is 13.0 Å². The van der Waals surface area contributed by atoms with Gasteiger partial charge in [-0.3, -0.25) is 10.1 Å². The highest BCUT2D eigenvalue weighted by Crippen LogP contribution is 2.31. The van der Waals surface area contributed by atoms with Gasteiger partial charge in [0.25, 0.3) is 5.69 Å². The van der Waals surface area contributed by atoms with E-state index in [-0.39, 0.29) is 5.69 Å². The fourth-order valence-corrected chi connectivity index (χ4v) is 2.11. The summed E-state index contributed by atoms with van der Waals surface area (Å²) in [6.07, 6.45) is 0. The van der Waals surface area contributed by atoms with Crippen molar-refractivity contribution in [1.82, 2.24) is 0 Å². The molecular weight excluding hydrogens is 266 g/mol. The Morgan fingerprint density at radius 3 is 2.42 bits per heavy atom. The molecule has 0 fully saturated rings. The van der Waals surface area contributed by atoms with Gasteiger partial charge in [-0.1, -0.05) is 17.7 Å². The normalized spacial score (nSPS) is 10.3. The lowest BCUT2D eigenvalue weighted by atomic mass is 10.0. The zero-order valence-corrected chi connectivity index (χ0v) is 11.3. The molecule has 0 bridgehead atoms. The van der Waals surface area contributed by atoms with Gasteiger partial charge < -0.3 is 4.74 Å². The summed E-state index contributed by atoms with van der Waals surface area (Å²) in [5.74, 6) is 0.617. The van der Waals surface area contributed by atoms with Crippen LogP contribution < -0.4 is 4.74 Å². The van der Waals surface area contributed by atoms with Gasteiger partial charge in [0.05, 0.1) is 12.0 Å². The van der Waals surface area contributed by atoms with E-state index in [0.29, 0.717) is 10.8 Å². The fourth-order valence-electron chi connectivity index (χ4n) is 1.88. The molecule has 0 aliphatic rings. The molecule has 2 rings (SSSR count). The molecule has 0 heterocycles. The zero-order chi connectivity index (χ0) is 14.0. The van der Waals surface area contributed by atoms with Crippen molar-refractivity contribution in [2.75, 3.05) is 7.11 Å². The van der Waals surface area contributed by atoms with Crippen LogP contribution in [0, 0.1) is 17.0 Å². The van der Waals surface area contributed by atoms with Crippen molar-refractivity contribution in [3.63, 3.8) is 0 Å². The molecule has 0 amide bonds. The van der Waals surface area contributed by atoms with Gasteiger partial charge in [-0.15, -0.1) is 0 Å². The number of aryl methyl sites for hydroxylation is 1. The van der Waals surface area contributed by atoms with Crippen molar-refractivity contribution in [3.8, 4) is 16.9 Å². The average molecular weight is 278 g/mol. The van der Waals surface area contributed by atoms with Crippen molar-refractivity contribution in [3.05, 3.63) is 57.1 Å². The van der Waals surface area contributed by atoms with Gasteiger partial charge >= 0.3 is 0 Å². The van der Waals surface area contributed by atoms with E-state index in [4.69, 9.17) is 16.3 Å². The van der Waals surface area contributed by atoms with E-state index in [1.165, 1.54) is 12.1 Å². The molecule has 98 valence electrons. The van der Waals surface area contributed by atoms with Crippen LogP contribution >= 0.6 is 11.6 Å². The van der Waals surface area contributed by atoms with Crippen LogP contribution in [-0.2, 0) is 0 Å². The summed E-state index contributed by atoms with van der Waals surface area (Å²) in [5.41, 5.74) is 2.42. The molecule has 19 heavy (non-hydrogen) atoms. The van der Waals surface area contributed by atoms with Gasteiger partial charge in [-0.25, -0.2) is 0 Å². The summed E-state index contributed by atoms with van der Waals surface area (Å²) in [7, 11) is 1.55. The number of nitrogens with zero attached hydrogens (tertiary/aromatic N) is 1. The molecule has 2 aromatic carbocycles. The van der Waals surface area contributed by atoms with Crippen LogP contribution in [0.1, 0.15) is 5.56 Å². The first-order chi connectivity index (χ1) is 8.99. The minimum absolute atomic E-state index is 0.0638. The molecule has 0 unspecified atom stereocenters. The Morgan fingerprint density at radius 1 is 1.11 bits per heavy atom. The second-order valence-corrected chi connectivity index (χ2v) is 4.63. The monoisotopic (exact) mass is 277 g/mol. The molecule has 0 aromatic heterocycles.